The molecule has 0 aliphatic heterocycles. The van der Waals surface area contributed by atoms with Crippen LogP contribution in [0.5, 0.6) is 5.88 Å². The highest BCUT2D eigenvalue weighted by Crippen LogP contribution is 2.35. The van der Waals surface area contributed by atoms with Crippen LogP contribution in [0.2, 0.25) is 0 Å². The normalized spacial score (nSPS) is 11.7. The number of hydrogen-bond acceptors (Lipinski definition) is 7. The van der Waals surface area contributed by atoms with Crippen molar-refractivity contribution in [2.45, 2.75) is 13.0 Å². The Morgan fingerprint density at radius 3 is 2.64 bits per heavy atom. The number of para-hydroxylation sites is 1. The van der Waals surface area contributed by atoms with Gasteiger partial charge in [-0.25, -0.2) is 9.97 Å². The van der Waals surface area contributed by atoms with E-state index in [1.807, 2.05) is 55.5 Å². The van der Waals surface area contributed by atoms with Crippen molar-refractivity contribution in [3.8, 4) is 23.2 Å². The lowest BCUT2D eigenvalue weighted by Crippen LogP contribution is -2.10. The van der Waals surface area contributed by atoms with Gasteiger partial charge in [-0.1, -0.05) is 24.3 Å². The molecule has 3 aromatic heterocycles. The zero-order chi connectivity index (χ0) is 19.5. The van der Waals surface area contributed by atoms with Crippen LogP contribution in [0.25, 0.3) is 22.2 Å². The Balaban J connectivity index is 1.85. The smallest absolute Gasteiger partial charge is 0.237 e. The van der Waals surface area contributed by atoms with Crippen molar-refractivity contribution in [2.75, 3.05) is 5.73 Å². The number of fused-ring (bicyclic) bond motifs is 1. The van der Waals surface area contributed by atoms with Gasteiger partial charge in [0.25, 0.3) is 0 Å². The molecule has 4 rings (SSSR count). The Hall–Kier alpha value is -4.05. The fourth-order valence-electron chi connectivity index (χ4n) is 3.07. The highest BCUT2D eigenvalue weighted by atomic mass is 16.5. The van der Waals surface area contributed by atoms with Crippen LogP contribution in [-0.4, -0.2) is 19.9 Å². The number of benzene rings is 1. The summed E-state index contributed by atoms with van der Waals surface area (Å²) in [6.07, 6.45) is 4.35. The van der Waals surface area contributed by atoms with E-state index in [-0.39, 0.29) is 17.3 Å². The first-order valence-corrected chi connectivity index (χ1v) is 8.65. The van der Waals surface area contributed by atoms with E-state index in [4.69, 9.17) is 10.5 Å². The molecule has 1 atom stereocenters. The van der Waals surface area contributed by atoms with Gasteiger partial charge in [-0.05, 0) is 25.1 Å². The number of pyridine rings is 2. The second-order valence-corrected chi connectivity index (χ2v) is 6.13. The second kappa shape index (κ2) is 7.29. The first-order chi connectivity index (χ1) is 13.7. The number of rotatable bonds is 4. The summed E-state index contributed by atoms with van der Waals surface area (Å²) >= 11 is 0. The van der Waals surface area contributed by atoms with E-state index in [0.717, 1.165) is 27.7 Å². The van der Waals surface area contributed by atoms with Gasteiger partial charge in [0.1, 0.15) is 24.3 Å². The third-order valence-corrected chi connectivity index (χ3v) is 4.41. The van der Waals surface area contributed by atoms with Crippen LogP contribution in [0.3, 0.4) is 0 Å². The Morgan fingerprint density at radius 2 is 1.86 bits per heavy atom. The van der Waals surface area contributed by atoms with Crippen LogP contribution >= 0.6 is 0 Å². The minimum Gasteiger partial charge on any atom is -0.469 e. The average molecular weight is 368 g/mol. The van der Waals surface area contributed by atoms with Crippen molar-refractivity contribution in [3.05, 3.63) is 72.3 Å². The van der Waals surface area contributed by atoms with E-state index in [1.54, 1.807) is 12.4 Å². The number of hydrogen-bond donors (Lipinski definition) is 1. The van der Waals surface area contributed by atoms with Gasteiger partial charge in [0.15, 0.2) is 5.56 Å². The minimum atomic E-state index is -0.449. The lowest BCUT2D eigenvalue weighted by molar-refractivity contribution is 0.217. The average Bonchev–Trinajstić information content (AvgIpc) is 2.73. The molecule has 1 aromatic carbocycles. The van der Waals surface area contributed by atoms with Gasteiger partial charge < -0.3 is 10.5 Å². The quantitative estimate of drug-likeness (QED) is 0.585. The molecule has 0 unspecified atom stereocenters. The summed E-state index contributed by atoms with van der Waals surface area (Å²) in [4.78, 5) is 17.0. The number of nitrogens with two attached hydrogens (primary N) is 1. The van der Waals surface area contributed by atoms with Crippen molar-refractivity contribution in [3.63, 3.8) is 0 Å². The molecule has 7 nitrogen and oxygen atoms in total. The number of nitrogen functional groups attached to an aromatic ring is 1. The van der Waals surface area contributed by atoms with Crippen LogP contribution in [0.15, 0.2) is 61.2 Å². The van der Waals surface area contributed by atoms with E-state index >= 15 is 0 Å². The zero-order valence-electron chi connectivity index (χ0n) is 15.1. The molecule has 0 spiro atoms. The van der Waals surface area contributed by atoms with Gasteiger partial charge in [-0.3, -0.25) is 9.97 Å². The number of nitrogens with zero attached hydrogens (tertiary/aromatic N) is 5. The van der Waals surface area contributed by atoms with Crippen molar-refractivity contribution < 1.29 is 4.74 Å². The van der Waals surface area contributed by atoms with Crippen LogP contribution in [-0.2, 0) is 0 Å². The largest absolute Gasteiger partial charge is 0.469 e. The van der Waals surface area contributed by atoms with Crippen LogP contribution in [0.1, 0.15) is 24.2 Å². The Morgan fingerprint density at radius 1 is 1.04 bits per heavy atom. The molecule has 0 bridgehead atoms. The highest BCUT2D eigenvalue weighted by molar-refractivity contribution is 5.95. The van der Waals surface area contributed by atoms with E-state index < -0.39 is 6.10 Å². The van der Waals surface area contributed by atoms with Gasteiger partial charge in [-0.15, -0.1) is 0 Å². The van der Waals surface area contributed by atoms with Crippen LogP contribution in [0.4, 0.5) is 5.82 Å². The molecule has 0 aliphatic carbocycles. The van der Waals surface area contributed by atoms with Gasteiger partial charge in [-0.2, -0.15) is 5.26 Å². The monoisotopic (exact) mass is 368 g/mol. The SMILES string of the molecule is C[C@@H](Oc1ncnc(N)c1C#N)c1cnc2ccccc2c1-c1ccccn1. The molecule has 0 aliphatic rings. The molecule has 0 radical (unpaired) electrons. The molecule has 0 saturated heterocycles. The standard InChI is InChI=1S/C21H16N6O/c1-13(28-21-15(10-22)20(23)26-12-27-21)16-11-25-17-7-3-2-6-14(17)19(16)18-8-4-5-9-24-18/h2-9,11-13H,1H3,(H2,23,26,27)/t13-/m1/s1. The number of anilines is 1. The Bertz CT molecular complexity index is 1190. The molecule has 28 heavy (non-hydrogen) atoms. The molecule has 136 valence electrons. The zero-order valence-corrected chi connectivity index (χ0v) is 15.1. The maximum Gasteiger partial charge on any atom is 0.237 e. The molecule has 0 amide bonds. The van der Waals surface area contributed by atoms with Gasteiger partial charge in [0.2, 0.25) is 5.88 Å². The summed E-state index contributed by atoms with van der Waals surface area (Å²) in [6, 6.07) is 15.6. The molecular formula is C21H16N6O. The molecule has 0 fully saturated rings. The summed E-state index contributed by atoms with van der Waals surface area (Å²) in [5.41, 5.74) is 9.32. The third-order valence-electron chi connectivity index (χ3n) is 4.41. The molecule has 2 N–H and O–H groups in total. The summed E-state index contributed by atoms with van der Waals surface area (Å²) in [6.45, 7) is 1.87. The number of ether oxygens (including phenoxy) is 1. The van der Waals surface area contributed by atoms with Crippen LogP contribution in [0, 0.1) is 11.3 Å². The first kappa shape index (κ1) is 17.4. The fraction of sp³-hybridized carbons (Fsp3) is 0.0952. The minimum absolute atomic E-state index is 0.0845. The molecular weight excluding hydrogens is 352 g/mol. The van der Waals surface area contributed by atoms with Crippen molar-refractivity contribution in [2.24, 2.45) is 0 Å². The predicted octanol–water partition coefficient (Wildman–Crippen LogP) is 3.68. The topological polar surface area (TPSA) is 111 Å². The second-order valence-electron chi connectivity index (χ2n) is 6.13. The Labute approximate surface area is 161 Å². The molecule has 3 heterocycles. The summed E-state index contributed by atoms with van der Waals surface area (Å²) < 4.78 is 5.99. The lowest BCUT2D eigenvalue weighted by Gasteiger charge is -2.19. The summed E-state index contributed by atoms with van der Waals surface area (Å²) in [5.74, 6) is 0.226. The molecule has 4 aromatic rings. The van der Waals surface area contributed by atoms with E-state index in [1.165, 1.54) is 6.33 Å². The molecule has 0 saturated carbocycles. The Kier molecular flexibility index (Phi) is 4.52. The van der Waals surface area contributed by atoms with Crippen LogP contribution < -0.4 is 10.5 Å². The third kappa shape index (κ3) is 3.08. The van der Waals surface area contributed by atoms with Gasteiger partial charge in [0.05, 0.1) is 11.2 Å². The maximum atomic E-state index is 9.34. The lowest BCUT2D eigenvalue weighted by atomic mass is 9.97. The van der Waals surface area contributed by atoms with Crippen molar-refractivity contribution >= 4 is 16.7 Å². The fourth-order valence-corrected chi connectivity index (χ4v) is 3.07. The summed E-state index contributed by atoms with van der Waals surface area (Å²) in [7, 11) is 0. The van der Waals surface area contributed by atoms with Crippen molar-refractivity contribution in [1.82, 2.24) is 19.9 Å². The maximum absolute atomic E-state index is 9.34. The van der Waals surface area contributed by atoms with E-state index in [0.29, 0.717) is 0 Å². The van der Waals surface area contributed by atoms with Gasteiger partial charge in [0, 0.05) is 28.9 Å². The number of aromatic nitrogens is 4. The predicted molar refractivity (Wildman–Crippen MR) is 105 cm³/mol. The highest BCUT2D eigenvalue weighted by Gasteiger charge is 2.20. The van der Waals surface area contributed by atoms with Gasteiger partial charge >= 0.3 is 0 Å². The molecule has 7 heteroatoms. The van der Waals surface area contributed by atoms with E-state index in [9.17, 15) is 5.26 Å². The van der Waals surface area contributed by atoms with E-state index in [2.05, 4.69) is 19.9 Å². The summed E-state index contributed by atoms with van der Waals surface area (Å²) in [5, 5.41) is 10.3. The first-order valence-electron chi connectivity index (χ1n) is 8.65. The number of nitriles is 1. The van der Waals surface area contributed by atoms with Crippen molar-refractivity contribution in [1.29, 1.82) is 5.26 Å².